The van der Waals surface area contributed by atoms with Crippen molar-refractivity contribution >= 4 is 27.3 Å². The van der Waals surface area contributed by atoms with Gasteiger partial charge in [-0.2, -0.15) is 0 Å². The minimum atomic E-state index is -0.172. The summed E-state index contributed by atoms with van der Waals surface area (Å²) in [4.78, 5) is 34.5. The Kier molecular flexibility index (Phi) is 5.14. The van der Waals surface area contributed by atoms with Gasteiger partial charge in [-0.25, -0.2) is 4.98 Å². The second-order valence-corrected chi connectivity index (χ2v) is 8.38. The van der Waals surface area contributed by atoms with Crippen LogP contribution < -0.4 is 19.9 Å². The maximum absolute atomic E-state index is 12.6. The highest BCUT2D eigenvalue weighted by Gasteiger charge is 2.24. The van der Waals surface area contributed by atoms with Crippen molar-refractivity contribution in [3.05, 3.63) is 49.9 Å². The van der Waals surface area contributed by atoms with E-state index in [1.165, 1.54) is 34.3 Å². The van der Waals surface area contributed by atoms with Gasteiger partial charge >= 0.3 is 0 Å². The molecule has 1 aliphatic heterocycles. The minimum absolute atomic E-state index is 0.0333. The number of H-pyrrole nitrogens is 1. The minimum Gasteiger partial charge on any atom is -0.493 e. The fourth-order valence-corrected chi connectivity index (χ4v) is 5.12. The molecule has 2 aromatic heterocycles. The van der Waals surface area contributed by atoms with Crippen LogP contribution in [-0.2, 0) is 19.5 Å². The SMILES string of the molecule is COc1cc2c(cc1OC)C[NH+](Cc1nc3sc(C(C)=O)c(C)c3c(=O)[nH]1)CC2. The third-order valence-corrected chi connectivity index (χ3v) is 6.77. The van der Waals surface area contributed by atoms with E-state index < -0.39 is 0 Å². The molecule has 29 heavy (non-hydrogen) atoms. The fraction of sp³-hybridized carbons (Fsp3) is 0.381. The Morgan fingerprint density at radius 1 is 1.24 bits per heavy atom. The molecule has 1 atom stereocenters. The number of aryl methyl sites for hydroxylation is 1. The van der Waals surface area contributed by atoms with Crippen LogP contribution in [0.5, 0.6) is 11.5 Å². The van der Waals surface area contributed by atoms with E-state index in [9.17, 15) is 9.59 Å². The number of rotatable bonds is 5. The number of carbonyl (C=O) groups excluding carboxylic acids is 1. The topological polar surface area (TPSA) is 85.7 Å². The summed E-state index contributed by atoms with van der Waals surface area (Å²) in [6, 6.07) is 4.09. The van der Waals surface area contributed by atoms with Gasteiger partial charge in [0.15, 0.2) is 23.1 Å². The van der Waals surface area contributed by atoms with E-state index in [1.54, 1.807) is 21.1 Å². The van der Waals surface area contributed by atoms with Crippen molar-refractivity contribution in [1.82, 2.24) is 9.97 Å². The second kappa shape index (κ2) is 7.61. The van der Waals surface area contributed by atoms with Crippen LogP contribution in [0.4, 0.5) is 0 Å². The highest BCUT2D eigenvalue weighted by atomic mass is 32.1. The van der Waals surface area contributed by atoms with Crippen LogP contribution in [0.2, 0.25) is 0 Å². The Morgan fingerprint density at radius 2 is 1.93 bits per heavy atom. The number of aromatic amines is 1. The number of hydrogen-bond acceptors (Lipinski definition) is 6. The highest BCUT2D eigenvalue weighted by Crippen LogP contribution is 2.31. The lowest BCUT2D eigenvalue weighted by atomic mass is 9.99. The number of Topliss-reactive ketones (excluding diaryl/α,β-unsaturated/α-hetero) is 1. The van der Waals surface area contributed by atoms with E-state index in [4.69, 9.17) is 9.47 Å². The van der Waals surface area contributed by atoms with Crippen molar-refractivity contribution < 1.29 is 19.2 Å². The number of quaternary nitrogens is 1. The van der Waals surface area contributed by atoms with Crippen LogP contribution in [0.25, 0.3) is 10.2 Å². The fourth-order valence-electron chi connectivity index (χ4n) is 4.03. The van der Waals surface area contributed by atoms with Crippen LogP contribution >= 0.6 is 11.3 Å². The van der Waals surface area contributed by atoms with Crippen LogP contribution in [0, 0.1) is 6.92 Å². The number of nitrogens with one attached hydrogen (secondary N) is 2. The first-order chi connectivity index (χ1) is 13.9. The standard InChI is InChI=1S/C21H23N3O4S/c1-11-18-20(26)22-17(23-21(18)29-19(11)12(2)25)10-24-6-5-13-7-15(27-3)16(28-4)8-14(13)9-24/h7-8H,5-6,9-10H2,1-4H3,(H,22,23,26)/p+1. The zero-order valence-electron chi connectivity index (χ0n) is 17.0. The third-order valence-electron chi connectivity index (χ3n) is 5.48. The van der Waals surface area contributed by atoms with E-state index in [1.807, 2.05) is 6.07 Å². The second-order valence-electron chi connectivity index (χ2n) is 7.38. The Labute approximate surface area is 172 Å². The average Bonchev–Trinajstić information content (AvgIpc) is 3.04. The zero-order chi connectivity index (χ0) is 20.7. The number of ketones is 1. The van der Waals surface area contributed by atoms with E-state index in [0.29, 0.717) is 27.5 Å². The van der Waals surface area contributed by atoms with Crippen molar-refractivity contribution in [2.75, 3.05) is 20.8 Å². The Bertz CT molecular complexity index is 1160. The summed E-state index contributed by atoms with van der Waals surface area (Å²) >= 11 is 1.30. The van der Waals surface area contributed by atoms with Gasteiger partial charge in [0.2, 0.25) is 0 Å². The van der Waals surface area contributed by atoms with Gasteiger partial charge in [0, 0.05) is 12.0 Å². The van der Waals surface area contributed by atoms with Crippen LogP contribution in [0.15, 0.2) is 16.9 Å². The van der Waals surface area contributed by atoms with Crippen LogP contribution in [-0.4, -0.2) is 36.5 Å². The molecule has 1 aliphatic rings. The van der Waals surface area contributed by atoms with Gasteiger partial charge in [-0.05, 0) is 37.1 Å². The molecule has 0 saturated heterocycles. The summed E-state index contributed by atoms with van der Waals surface area (Å²) < 4.78 is 10.8. The molecule has 3 aromatic rings. The van der Waals surface area contributed by atoms with Gasteiger partial charge in [-0.15, -0.1) is 11.3 Å². The molecule has 4 rings (SSSR count). The molecular weight excluding hydrogens is 390 g/mol. The number of nitrogens with zero attached hydrogens (tertiary/aromatic N) is 1. The van der Waals surface area contributed by atoms with Crippen LogP contribution in [0.1, 0.15) is 39.1 Å². The molecule has 0 amide bonds. The molecular formula is C21H24N3O4S+. The molecule has 0 bridgehead atoms. The maximum atomic E-state index is 12.6. The predicted octanol–water partition coefficient (Wildman–Crippen LogP) is 1.65. The van der Waals surface area contributed by atoms with Gasteiger partial charge in [0.25, 0.3) is 5.56 Å². The molecule has 0 aliphatic carbocycles. The summed E-state index contributed by atoms with van der Waals surface area (Å²) in [6.45, 7) is 5.70. The van der Waals surface area contributed by atoms with Gasteiger partial charge in [0.05, 0.1) is 31.0 Å². The normalized spacial score (nSPS) is 15.9. The average molecular weight is 415 g/mol. The lowest BCUT2D eigenvalue weighted by molar-refractivity contribution is -0.930. The number of aromatic nitrogens is 2. The van der Waals surface area contributed by atoms with Gasteiger partial charge < -0.3 is 19.4 Å². The Hall–Kier alpha value is -2.71. The van der Waals surface area contributed by atoms with E-state index in [0.717, 1.165) is 36.6 Å². The molecule has 0 spiro atoms. The number of thiophene rings is 1. The summed E-state index contributed by atoms with van der Waals surface area (Å²) in [5.41, 5.74) is 3.04. The first-order valence-corrected chi connectivity index (χ1v) is 10.3. The molecule has 0 saturated carbocycles. The number of ether oxygens (including phenoxy) is 2. The Balaban J connectivity index is 1.61. The first-order valence-electron chi connectivity index (χ1n) is 9.51. The number of fused-ring (bicyclic) bond motifs is 2. The molecule has 0 radical (unpaired) electrons. The van der Waals surface area contributed by atoms with E-state index in [2.05, 4.69) is 16.0 Å². The van der Waals surface area contributed by atoms with Crippen molar-refractivity contribution in [3.8, 4) is 11.5 Å². The van der Waals surface area contributed by atoms with Crippen molar-refractivity contribution in [2.45, 2.75) is 33.4 Å². The summed E-state index contributed by atoms with van der Waals surface area (Å²) in [5, 5.41) is 0.528. The van der Waals surface area contributed by atoms with Crippen LogP contribution in [0.3, 0.4) is 0 Å². The smallest absolute Gasteiger partial charge is 0.260 e. The van der Waals surface area contributed by atoms with Gasteiger partial charge in [-0.3, -0.25) is 9.59 Å². The summed E-state index contributed by atoms with van der Waals surface area (Å²) in [6.07, 6.45) is 0.921. The van der Waals surface area contributed by atoms with E-state index >= 15 is 0 Å². The molecule has 2 N–H and O–H groups in total. The molecule has 0 fully saturated rings. The van der Waals surface area contributed by atoms with E-state index in [-0.39, 0.29) is 11.3 Å². The monoisotopic (exact) mass is 414 g/mol. The van der Waals surface area contributed by atoms with Gasteiger partial charge in [0.1, 0.15) is 17.9 Å². The molecule has 8 heteroatoms. The van der Waals surface area contributed by atoms with Gasteiger partial charge in [-0.1, -0.05) is 0 Å². The number of benzene rings is 1. The Morgan fingerprint density at radius 3 is 2.59 bits per heavy atom. The highest BCUT2D eigenvalue weighted by molar-refractivity contribution is 7.20. The lowest BCUT2D eigenvalue weighted by Crippen LogP contribution is -3.10. The first kappa shape index (κ1) is 19.6. The third kappa shape index (κ3) is 3.54. The van der Waals surface area contributed by atoms with Crippen molar-refractivity contribution in [2.24, 2.45) is 0 Å². The summed E-state index contributed by atoms with van der Waals surface area (Å²) in [7, 11) is 3.28. The molecule has 7 nitrogen and oxygen atoms in total. The van der Waals surface area contributed by atoms with Crippen molar-refractivity contribution in [1.29, 1.82) is 0 Å². The molecule has 3 heterocycles. The summed E-state index contributed by atoms with van der Waals surface area (Å²) in [5.74, 6) is 2.10. The lowest BCUT2D eigenvalue weighted by Gasteiger charge is -2.26. The number of methoxy groups -OCH3 is 2. The molecule has 1 aromatic carbocycles. The zero-order valence-corrected chi connectivity index (χ0v) is 17.8. The number of hydrogen-bond donors (Lipinski definition) is 2. The van der Waals surface area contributed by atoms with Crippen molar-refractivity contribution in [3.63, 3.8) is 0 Å². The predicted molar refractivity (Wildman–Crippen MR) is 111 cm³/mol. The quantitative estimate of drug-likeness (QED) is 0.620. The number of carbonyl (C=O) groups is 1. The largest absolute Gasteiger partial charge is 0.493 e. The molecule has 1 unspecified atom stereocenters. The maximum Gasteiger partial charge on any atom is 0.260 e. The molecule has 152 valence electrons.